The molecule has 0 aromatic rings. The van der Waals surface area contributed by atoms with Gasteiger partial charge in [-0.15, -0.1) is 0 Å². The number of likely N-dealkylation sites (tertiary alicyclic amines) is 1. The van der Waals surface area contributed by atoms with Crippen LogP contribution in [0.3, 0.4) is 0 Å². The van der Waals surface area contributed by atoms with Crippen LogP contribution in [0.2, 0.25) is 0 Å². The summed E-state index contributed by atoms with van der Waals surface area (Å²) < 4.78 is 0. The van der Waals surface area contributed by atoms with Gasteiger partial charge >= 0.3 is 0 Å². The standard InChI is InChI=1S/C16H32N2O/c1-3-9-18-10-7-16(19,8-11-18)15(13-17)6-4-5-14(2)12-15/h14,19H,3-13,17H2,1-2H3. The van der Waals surface area contributed by atoms with Gasteiger partial charge in [0.15, 0.2) is 0 Å². The van der Waals surface area contributed by atoms with Gasteiger partial charge in [0.1, 0.15) is 0 Å². The molecule has 0 bridgehead atoms. The fourth-order valence-corrected chi connectivity index (χ4v) is 4.45. The van der Waals surface area contributed by atoms with Gasteiger partial charge in [-0.3, -0.25) is 0 Å². The molecule has 0 amide bonds. The summed E-state index contributed by atoms with van der Waals surface area (Å²) in [6.45, 7) is 8.45. The highest BCUT2D eigenvalue weighted by Gasteiger charge is 2.51. The number of aliphatic hydroxyl groups is 1. The fraction of sp³-hybridized carbons (Fsp3) is 1.00. The van der Waals surface area contributed by atoms with Crippen molar-refractivity contribution in [3.63, 3.8) is 0 Å². The Kier molecular flexibility index (Phi) is 4.91. The Balaban J connectivity index is 2.05. The smallest absolute Gasteiger partial charge is 0.0740 e. The molecule has 2 fully saturated rings. The number of hydrogen-bond acceptors (Lipinski definition) is 3. The zero-order valence-electron chi connectivity index (χ0n) is 12.8. The molecular weight excluding hydrogens is 236 g/mol. The molecule has 3 nitrogen and oxygen atoms in total. The molecule has 1 aliphatic carbocycles. The van der Waals surface area contributed by atoms with E-state index in [0.29, 0.717) is 6.54 Å². The first-order chi connectivity index (χ1) is 9.05. The predicted octanol–water partition coefficient (Wildman–Crippen LogP) is 2.38. The monoisotopic (exact) mass is 268 g/mol. The third-order valence-electron chi connectivity index (χ3n) is 5.69. The molecule has 2 atom stereocenters. The molecule has 3 heteroatoms. The first-order valence-electron chi connectivity index (χ1n) is 8.20. The Morgan fingerprint density at radius 3 is 2.47 bits per heavy atom. The third-order valence-corrected chi connectivity index (χ3v) is 5.69. The topological polar surface area (TPSA) is 49.5 Å². The molecule has 1 saturated heterocycles. The molecule has 0 aromatic heterocycles. The van der Waals surface area contributed by atoms with Crippen molar-refractivity contribution in [1.29, 1.82) is 0 Å². The van der Waals surface area contributed by atoms with Crippen LogP contribution in [0.4, 0.5) is 0 Å². The molecule has 0 radical (unpaired) electrons. The molecule has 2 unspecified atom stereocenters. The molecule has 112 valence electrons. The third kappa shape index (κ3) is 2.98. The van der Waals surface area contributed by atoms with Crippen molar-refractivity contribution in [2.75, 3.05) is 26.2 Å². The van der Waals surface area contributed by atoms with Gasteiger partial charge in [-0.1, -0.05) is 26.7 Å². The van der Waals surface area contributed by atoms with Crippen LogP contribution in [0.1, 0.15) is 58.8 Å². The minimum Gasteiger partial charge on any atom is -0.389 e. The second-order valence-electron chi connectivity index (χ2n) is 7.06. The van der Waals surface area contributed by atoms with Crippen LogP contribution in [-0.2, 0) is 0 Å². The van der Waals surface area contributed by atoms with E-state index in [1.54, 1.807) is 0 Å². The molecule has 19 heavy (non-hydrogen) atoms. The largest absolute Gasteiger partial charge is 0.389 e. The van der Waals surface area contributed by atoms with Gasteiger partial charge < -0.3 is 15.7 Å². The highest BCUT2D eigenvalue weighted by molar-refractivity contribution is 5.04. The average Bonchev–Trinajstić information content (AvgIpc) is 2.41. The number of nitrogens with two attached hydrogens (primary N) is 1. The van der Waals surface area contributed by atoms with E-state index >= 15 is 0 Å². The Hall–Kier alpha value is -0.120. The van der Waals surface area contributed by atoms with E-state index in [1.165, 1.54) is 25.8 Å². The molecule has 2 aliphatic rings. The summed E-state index contributed by atoms with van der Waals surface area (Å²) >= 11 is 0. The van der Waals surface area contributed by atoms with Crippen molar-refractivity contribution < 1.29 is 5.11 Å². The maximum atomic E-state index is 11.2. The van der Waals surface area contributed by atoms with E-state index in [9.17, 15) is 5.11 Å². The summed E-state index contributed by atoms with van der Waals surface area (Å²) in [5.74, 6) is 0.718. The lowest BCUT2D eigenvalue weighted by Crippen LogP contribution is -2.59. The Morgan fingerprint density at radius 2 is 1.95 bits per heavy atom. The highest BCUT2D eigenvalue weighted by Crippen LogP contribution is 2.50. The molecule has 3 N–H and O–H groups in total. The van der Waals surface area contributed by atoms with Crippen LogP contribution in [0, 0.1) is 11.3 Å². The SMILES string of the molecule is CCCN1CCC(O)(C2(CN)CCCC(C)C2)CC1. The van der Waals surface area contributed by atoms with Crippen molar-refractivity contribution in [2.24, 2.45) is 17.1 Å². The maximum absolute atomic E-state index is 11.2. The summed E-state index contributed by atoms with van der Waals surface area (Å²) in [6, 6.07) is 0. The van der Waals surface area contributed by atoms with Gasteiger partial charge in [0, 0.05) is 25.0 Å². The predicted molar refractivity (Wildman–Crippen MR) is 80.0 cm³/mol. The van der Waals surface area contributed by atoms with Gasteiger partial charge in [-0.05, 0) is 44.6 Å². The van der Waals surface area contributed by atoms with Gasteiger partial charge in [0.05, 0.1) is 5.60 Å². The van der Waals surface area contributed by atoms with Crippen LogP contribution < -0.4 is 5.73 Å². The molecule has 1 heterocycles. The minimum atomic E-state index is -0.513. The zero-order chi connectivity index (χ0) is 13.9. The fourth-order valence-electron chi connectivity index (χ4n) is 4.45. The molecular formula is C16H32N2O. The van der Waals surface area contributed by atoms with Gasteiger partial charge in [-0.2, -0.15) is 0 Å². The molecule has 1 saturated carbocycles. The Morgan fingerprint density at radius 1 is 1.26 bits per heavy atom. The summed E-state index contributed by atoms with van der Waals surface area (Å²) in [6.07, 6.45) is 7.82. The van der Waals surface area contributed by atoms with Crippen LogP contribution in [-0.4, -0.2) is 41.8 Å². The van der Waals surface area contributed by atoms with E-state index in [1.807, 2.05) is 0 Å². The van der Waals surface area contributed by atoms with Crippen LogP contribution >= 0.6 is 0 Å². The maximum Gasteiger partial charge on any atom is 0.0740 e. The molecule has 0 aromatic carbocycles. The highest BCUT2D eigenvalue weighted by atomic mass is 16.3. The lowest BCUT2D eigenvalue weighted by atomic mass is 9.58. The first kappa shape index (κ1) is 15.3. The van der Waals surface area contributed by atoms with Crippen molar-refractivity contribution in [3.8, 4) is 0 Å². The number of nitrogens with zero attached hydrogens (tertiary/aromatic N) is 1. The van der Waals surface area contributed by atoms with E-state index in [2.05, 4.69) is 18.7 Å². The quantitative estimate of drug-likeness (QED) is 0.823. The summed E-state index contributed by atoms with van der Waals surface area (Å²) in [5, 5.41) is 11.2. The van der Waals surface area contributed by atoms with Crippen LogP contribution in [0.5, 0.6) is 0 Å². The van der Waals surface area contributed by atoms with Crippen LogP contribution in [0.15, 0.2) is 0 Å². The van der Waals surface area contributed by atoms with Gasteiger partial charge in [0.25, 0.3) is 0 Å². The lowest BCUT2D eigenvalue weighted by molar-refractivity contribution is -0.138. The van der Waals surface area contributed by atoms with Crippen molar-refractivity contribution in [3.05, 3.63) is 0 Å². The summed E-state index contributed by atoms with van der Waals surface area (Å²) in [4.78, 5) is 2.49. The molecule has 2 rings (SSSR count). The Labute approximate surface area is 118 Å². The number of rotatable bonds is 4. The zero-order valence-corrected chi connectivity index (χ0v) is 12.8. The normalized spacial score (nSPS) is 36.3. The minimum absolute atomic E-state index is 0.0109. The van der Waals surface area contributed by atoms with Crippen molar-refractivity contribution in [2.45, 2.75) is 64.4 Å². The molecule has 1 aliphatic heterocycles. The van der Waals surface area contributed by atoms with E-state index < -0.39 is 5.60 Å². The Bertz CT molecular complexity index is 286. The lowest BCUT2D eigenvalue weighted by Gasteiger charge is -2.53. The molecule has 0 spiro atoms. The van der Waals surface area contributed by atoms with Crippen molar-refractivity contribution in [1.82, 2.24) is 4.90 Å². The average molecular weight is 268 g/mol. The van der Waals surface area contributed by atoms with Crippen LogP contribution in [0.25, 0.3) is 0 Å². The number of piperidine rings is 1. The first-order valence-corrected chi connectivity index (χ1v) is 8.20. The second-order valence-corrected chi connectivity index (χ2v) is 7.06. The second kappa shape index (κ2) is 6.11. The number of hydrogen-bond donors (Lipinski definition) is 2. The van der Waals surface area contributed by atoms with E-state index in [0.717, 1.165) is 44.7 Å². The van der Waals surface area contributed by atoms with E-state index in [-0.39, 0.29) is 5.41 Å². The van der Waals surface area contributed by atoms with Gasteiger partial charge in [0.2, 0.25) is 0 Å². The van der Waals surface area contributed by atoms with Crippen molar-refractivity contribution >= 4 is 0 Å². The van der Waals surface area contributed by atoms with Gasteiger partial charge in [-0.25, -0.2) is 0 Å². The summed E-state index contributed by atoms with van der Waals surface area (Å²) in [7, 11) is 0. The van der Waals surface area contributed by atoms with E-state index in [4.69, 9.17) is 5.73 Å². The summed E-state index contributed by atoms with van der Waals surface area (Å²) in [5.41, 5.74) is 5.61.